The molecule has 2 amide bonds. The highest BCUT2D eigenvalue weighted by molar-refractivity contribution is 7.99. The number of nitrogens with one attached hydrogen (secondary N) is 2. The van der Waals surface area contributed by atoms with Crippen molar-refractivity contribution in [2.45, 2.75) is 19.2 Å². The van der Waals surface area contributed by atoms with Gasteiger partial charge in [0.15, 0.2) is 0 Å². The number of urea groups is 1. The van der Waals surface area contributed by atoms with Crippen LogP contribution in [0.5, 0.6) is 5.75 Å². The van der Waals surface area contributed by atoms with Crippen LogP contribution >= 0.6 is 11.8 Å². The van der Waals surface area contributed by atoms with Gasteiger partial charge in [0.05, 0.1) is 5.56 Å². The minimum atomic E-state index is -4.47. The Morgan fingerprint density at radius 3 is 2.66 bits per heavy atom. The van der Waals surface area contributed by atoms with Gasteiger partial charge < -0.3 is 25.4 Å². The lowest BCUT2D eigenvalue weighted by molar-refractivity contribution is -0.137. The summed E-state index contributed by atoms with van der Waals surface area (Å²) in [6, 6.07) is 9.76. The van der Waals surface area contributed by atoms with Gasteiger partial charge in [0, 0.05) is 42.5 Å². The summed E-state index contributed by atoms with van der Waals surface area (Å²) >= 11 is 1.94. The zero-order valence-corrected chi connectivity index (χ0v) is 18.4. The van der Waals surface area contributed by atoms with Crippen LogP contribution in [0.25, 0.3) is 0 Å². The summed E-state index contributed by atoms with van der Waals surface area (Å²) in [5.74, 6) is 2.19. The zero-order valence-electron chi connectivity index (χ0n) is 17.6. The van der Waals surface area contributed by atoms with Gasteiger partial charge in [0.25, 0.3) is 0 Å². The monoisotopic (exact) mass is 469 g/mol. The molecule has 0 spiro atoms. The van der Waals surface area contributed by atoms with Crippen molar-refractivity contribution in [1.82, 2.24) is 5.32 Å². The summed E-state index contributed by atoms with van der Waals surface area (Å²) in [6.45, 7) is 3.53. The van der Waals surface area contributed by atoms with E-state index in [2.05, 4.69) is 15.5 Å². The number of thioether (sulfide) groups is 1. The molecular weight excluding hydrogens is 443 g/mol. The summed E-state index contributed by atoms with van der Waals surface area (Å²) in [5, 5.41) is 15.3. The van der Waals surface area contributed by atoms with E-state index in [9.17, 15) is 23.1 Å². The van der Waals surface area contributed by atoms with Gasteiger partial charge in [0.2, 0.25) is 0 Å². The lowest BCUT2D eigenvalue weighted by Crippen LogP contribution is -2.37. The van der Waals surface area contributed by atoms with Gasteiger partial charge in [-0.15, -0.1) is 0 Å². The number of halogens is 3. The average molecular weight is 470 g/mol. The number of hydrogen-bond acceptors (Lipinski definition) is 5. The lowest BCUT2D eigenvalue weighted by Gasteiger charge is -2.29. The number of alkyl halides is 3. The number of hydrogen-bond donors (Lipinski definition) is 3. The predicted molar refractivity (Wildman–Crippen MR) is 121 cm³/mol. The first-order valence-corrected chi connectivity index (χ1v) is 11.3. The number of benzene rings is 2. The SMILES string of the molecule is Cc1cc(N2CCSCC2)ccc1NC(=O)NCC(O)COc1cccc(C(F)(F)F)c1. The zero-order chi connectivity index (χ0) is 23.1. The highest BCUT2D eigenvalue weighted by Gasteiger charge is 2.30. The number of aryl methyl sites for hydroxylation is 1. The number of amides is 2. The van der Waals surface area contributed by atoms with Crippen molar-refractivity contribution in [3.63, 3.8) is 0 Å². The Morgan fingerprint density at radius 1 is 1.22 bits per heavy atom. The molecule has 32 heavy (non-hydrogen) atoms. The van der Waals surface area contributed by atoms with E-state index < -0.39 is 23.9 Å². The third kappa shape index (κ3) is 6.96. The standard InChI is InChI=1S/C22H26F3N3O3S/c1-15-11-17(28-7-9-32-10-8-28)5-6-20(15)27-21(30)26-13-18(29)14-31-19-4-2-3-16(12-19)22(23,24)25/h2-6,11-12,18,29H,7-10,13-14H2,1H3,(H2,26,27,30). The lowest BCUT2D eigenvalue weighted by atomic mass is 10.1. The van der Waals surface area contributed by atoms with E-state index >= 15 is 0 Å². The molecule has 1 aliphatic rings. The molecule has 1 unspecified atom stereocenters. The van der Waals surface area contributed by atoms with Gasteiger partial charge in [0.1, 0.15) is 18.5 Å². The Morgan fingerprint density at radius 2 is 1.97 bits per heavy atom. The number of carbonyl (C=O) groups excluding carboxylic acids is 1. The van der Waals surface area contributed by atoms with Crippen molar-refractivity contribution < 1.29 is 27.8 Å². The maximum atomic E-state index is 12.7. The maximum Gasteiger partial charge on any atom is 0.416 e. The molecular formula is C22H26F3N3O3S. The van der Waals surface area contributed by atoms with Gasteiger partial charge in [-0.25, -0.2) is 4.79 Å². The summed E-state index contributed by atoms with van der Waals surface area (Å²) in [5.41, 5.74) is 1.87. The molecule has 0 aliphatic carbocycles. The highest BCUT2D eigenvalue weighted by atomic mass is 32.2. The van der Waals surface area contributed by atoms with Crippen molar-refractivity contribution in [2.75, 3.05) is 48.0 Å². The first-order valence-electron chi connectivity index (χ1n) is 10.2. The van der Waals surface area contributed by atoms with Crippen LogP contribution in [0.4, 0.5) is 29.3 Å². The fraction of sp³-hybridized carbons (Fsp3) is 0.409. The minimum absolute atomic E-state index is 0.00802. The molecule has 6 nitrogen and oxygen atoms in total. The van der Waals surface area contributed by atoms with Gasteiger partial charge in [-0.3, -0.25) is 0 Å². The van der Waals surface area contributed by atoms with E-state index in [4.69, 9.17) is 4.74 Å². The normalized spacial score (nSPS) is 15.2. The summed E-state index contributed by atoms with van der Waals surface area (Å²) in [7, 11) is 0. The predicted octanol–water partition coefficient (Wildman–Crippen LogP) is 4.13. The van der Waals surface area contributed by atoms with E-state index in [1.807, 2.05) is 36.9 Å². The number of ether oxygens (including phenoxy) is 1. The topological polar surface area (TPSA) is 73.8 Å². The van der Waals surface area contributed by atoms with Crippen LogP contribution in [-0.2, 0) is 6.18 Å². The molecule has 0 saturated carbocycles. The molecule has 3 rings (SSSR count). The first kappa shape index (κ1) is 24.1. The van der Waals surface area contributed by atoms with E-state index in [0.717, 1.165) is 48.0 Å². The van der Waals surface area contributed by atoms with Crippen molar-refractivity contribution in [3.8, 4) is 5.75 Å². The van der Waals surface area contributed by atoms with Crippen LogP contribution in [0.15, 0.2) is 42.5 Å². The minimum Gasteiger partial charge on any atom is -0.491 e. The Labute approximate surface area is 189 Å². The fourth-order valence-electron chi connectivity index (χ4n) is 3.20. The molecule has 1 aliphatic heterocycles. The first-order chi connectivity index (χ1) is 15.2. The molecule has 0 bridgehead atoms. The smallest absolute Gasteiger partial charge is 0.416 e. The highest BCUT2D eigenvalue weighted by Crippen LogP contribution is 2.31. The van der Waals surface area contributed by atoms with E-state index in [1.54, 1.807) is 0 Å². The van der Waals surface area contributed by atoms with Crippen LogP contribution < -0.4 is 20.3 Å². The summed E-state index contributed by atoms with van der Waals surface area (Å²) in [6.07, 6.45) is -5.56. The molecule has 2 aromatic rings. The molecule has 0 radical (unpaired) electrons. The molecule has 174 valence electrons. The van der Waals surface area contributed by atoms with Crippen molar-refractivity contribution in [2.24, 2.45) is 0 Å². The second-order valence-corrected chi connectivity index (χ2v) is 8.65. The molecule has 0 aromatic heterocycles. The number of rotatable bonds is 7. The van der Waals surface area contributed by atoms with E-state index in [-0.39, 0.29) is 18.9 Å². The van der Waals surface area contributed by atoms with Crippen LogP contribution in [0.3, 0.4) is 0 Å². The van der Waals surface area contributed by atoms with Gasteiger partial charge in [-0.1, -0.05) is 6.07 Å². The Kier molecular flexibility index (Phi) is 8.14. The summed E-state index contributed by atoms with van der Waals surface area (Å²) < 4.78 is 43.4. The maximum absolute atomic E-state index is 12.7. The third-order valence-corrected chi connectivity index (χ3v) is 5.88. The Hall–Kier alpha value is -2.59. The summed E-state index contributed by atoms with van der Waals surface area (Å²) in [4.78, 5) is 14.5. The Balaban J connectivity index is 1.44. The van der Waals surface area contributed by atoms with E-state index in [1.165, 1.54) is 12.1 Å². The van der Waals surface area contributed by atoms with Gasteiger partial charge in [-0.05, 0) is 48.9 Å². The van der Waals surface area contributed by atoms with Crippen LogP contribution in [0.1, 0.15) is 11.1 Å². The molecule has 10 heteroatoms. The van der Waals surface area contributed by atoms with Crippen LogP contribution in [-0.4, -0.2) is 55.0 Å². The number of anilines is 2. The quantitative estimate of drug-likeness (QED) is 0.569. The number of carbonyl (C=O) groups is 1. The number of nitrogens with zero attached hydrogens (tertiary/aromatic N) is 1. The van der Waals surface area contributed by atoms with Gasteiger partial charge in [-0.2, -0.15) is 24.9 Å². The molecule has 2 aromatic carbocycles. The van der Waals surface area contributed by atoms with Gasteiger partial charge >= 0.3 is 12.2 Å². The van der Waals surface area contributed by atoms with Crippen molar-refractivity contribution in [3.05, 3.63) is 53.6 Å². The molecule has 1 saturated heterocycles. The van der Waals surface area contributed by atoms with E-state index in [0.29, 0.717) is 5.69 Å². The number of aliphatic hydroxyl groups is 1. The molecule has 1 atom stereocenters. The van der Waals surface area contributed by atoms with Crippen LogP contribution in [0.2, 0.25) is 0 Å². The Bertz CT molecular complexity index is 921. The van der Waals surface area contributed by atoms with Crippen molar-refractivity contribution in [1.29, 1.82) is 0 Å². The second-order valence-electron chi connectivity index (χ2n) is 7.42. The average Bonchev–Trinajstić information content (AvgIpc) is 2.78. The fourth-order valence-corrected chi connectivity index (χ4v) is 4.10. The molecule has 3 N–H and O–H groups in total. The van der Waals surface area contributed by atoms with Crippen molar-refractivity contribution >= 4 is 29.2 Å². The third-order valence-electron chi connectivity index (χ3n) is 4.94. The molecule has 1 heterocycles. The molecule has 1 fully saturated rings. The van der Waals surface area contributed by atoms with Crippen LogP contribution in [0, 0.1) is 6.92 Å². The largest absolute Gasteiger partial charge is 0.491 e. The number of aliphatic hydroxyl groups excluding tert-OH is 1. The second kappa shape index (κ2) is 10.8.